The summed E-state index contributed by atoms with van der Waals surface area (Å²) < 4.78 is 1.88. The summed E-state index contributed by atoms with van der Waals surface area (Å²) in [5, 5.41) is 8.43. The number of anilines is 1. The molecule has 0 N–H and O–H groups in total. The van der Waals surface area contributed by atoms with Crippen LogP contribution in [0.2, 0.25) is 0 Å². The molecular weight excluding hydrogens is 376 g/mol. The van der Waals surface area contributed by atoms with Crippen LogP contribution in [0.25, 0.3) is 11.0 Å². The lowest BCUT2D eigenvalue weighted by molar-refractivity contribution is 0.0747. The molecule has 0 atom stereocenters. The van der Waals surface area contributed by atoms with Gasteiger partial charge in [0, 0.05) is 49.8 Å². The fraction of sp³-hybridized carbons (Fsp3) is 0.217. The van der Waals surface area contributed by atoms with Gasteiger partial charge in [-0.25, -0.2) is 4.68 Å². The topological polar surface area (TPSA) is 67.2 Å². The Bertz CT molecular complexity index is 1150. The van der Waals surface area contributed by atoms with Gasteiger partial charge in [-0.05, 0) is 42.0 Å². The first-order chi connectivity index (χ1) is 14.8. The molecule has 1 fully saturated rings. The van der Waals surface area contributed by atoms with Gasteiger partial charge in [0.05, 0.1) is 12.1 Å². The first-order valence-electron chi connectivity index (χ1n) is 10.1. The SMILES string of the molecule is O=C(c1ccc(Cn2nnc3ccccc32)cc1)N1CCN(c2ccncc2)CC1. The Morgan fingerprint density at radius 1 is 0.867 bits per heavy atom. The highest BCUT2D eigenvalue weighted by atomic mass is 16.2. The first-order valence-corrected chi connectivity index (χ1v) is 10.1. The average Bonchev–Trinajstić information content (AvgIpc) is 3.23. The van der Waals surface area contributed by atoms with Gasteiger partial charge < -0.3 is 9.80 Å². The molecule has 7 heteroatoms. The summed E-state index contributed by atoms with van der Waals surface area (Å²) in [5.41, 5.74) is 4.85. The number of carbonyl (C=O) groups excluding carboxylic acids is 1. The number of piperazine rings is 1. The third-order valence-electron chi connectivity index (χ3n) is 5.55. The number of benzene rings is 2. The van der Waals surface area contributed by atoms with Crippen molar-refractivity contribution in [2.24, 2.45) is 0 Å². The van der Waals surface area contributed by atoms with Crippen molar-refractivity contribution < 1.29 is 4.79 Å². The maximum atomic E-state index is 12.9. The second-order valence-electron chi connectivity index (χ2n) is 7.42. The lowest BCUT2D eigenvalue weighted by atomic mass is 10.1. The van der Waals surface area contributed by atoms with E-state index in [9.17, 15) is 4.79 Å². The number of carbonyl (C=O) groups is 1. The van der Waals surface area contributed by atoms with Gasteiger partial charge in [0.25, 0.3) is 5.91 Å². The van der Waals surface area contributed by atoms with E-state index in [0.29, 0.717) is 19.6 Å². The Hall–Kier alpha value is -3.74. The predicted octanol–water partition coefficient (Wildman–Crippen LogP) is 2.84. The van der Waals surface area contributed by atoms with Crippen molar-refractivity contribution in [2.75, 3.05) is 31.1 Å². The van der Waals surface area contributed by atoms with Crippen molar-refractivity contribution in [3.8, 4) is 0 Å². The molecule has 4 aromatic rings. The van der Waals surface area contributed by atoms with Crippen LogP contribution in [0.5, 0.6) is 0 Å². The smallest absolute Gasteiger partial charge is 0.253 e. The van der Waals surface area contributed by atoms with Crippen LogP contribution >= 0.6 is 0 Å². The number of aromatic nitrogens is 4. The van der Waals surface area contributed by atoms with Gasteiger partial charge in [-0.15, -0.1) is 5.10 Å². The standard InChI is InChI=1S/C23H22N6O/c30-23(28-15-13-27(14-16-28)20-9-11-24-12-10-20)19-7-5-18(6-8-19)17-29-22-4-2-1-3-21(22)25-26-29/h1-12H,13-17H2. The number of nitrogens with zero attached hydrogens (tertiary/aromatic N) is 6. The molecule has 0 bridgehead atoms. The maximum absolute atomic E-state index is 12.9. The van der Waals surface area contributed by atoms with Crippen LogP contribution in [0.15, 0.2) is 73.1 Å². The minimum absolute atomic E-state index is 0.0853. The quantitative estimate of drug-likeness (QED) is 0.529. The predicted molar refractivity (Wildman–Crippen MR) is 115 cm³/mol. The second-order valence-corrected chi connectivity index (χ2v) is 7.42. The van der Waals surface area contributed by atoms with Gasteiger partial charge in [-0.1, -0.05) is 29.5 Å². The molecule has 5 rings (SSSR count). The maximum Gasteiger partial charge on any atom is 0.253 e. The van der Waals surface area contributed by atoms with Crippen LogP contribution in [-0.2, 0) is 6.54 Å². The van der Waals surface area contributed by atoms with Crippen molar-refractivity contribution in [1.82, 2.24) is 24.9 Å². The first kappa shape index (κ1) is 18.3. The molecule has 2 aromatic carbocycles. The van der Waals surface area contributed by atoms with Crippen LogP contribution < -0.4 is 4.90 Å². The van der Waals surface area contributed by atoms with Gasteiger partial charge in [-0.3, -0.25) is 9.78 Å². The largest absolute Gasteiger partial charge is 0.368 e. The fourth-order valence-corrected chi connectivity index (χ4v) is 3.86. The number of para-hydroxylation sites is 1. The third kappa shape index (κ3) is 3.61. The monoisotopic (exact) mass is 398 g/mol. The van der Waals surface area contributed by atoms with E-state index in [2.05, 4.69) is 20.2 Å². The molecule has 7 nitrogen and oxygen atoms in total. The van der Waals surface area contributed by atoms with E-state index in [0.717, 1.165) is 40.9 Å². The molecule has 150 valence electrons. The van der Waals surface area contributed by atoms with Crippen LogP contribution in [0.4, 0.5) is 5.69 Å². The van der Waals surface area contributed by atoms with Crippen LogP contribution in [-0.4, -0.2) is 57.0 Å². The summed E-state index contributed by atoms with van der Waals surface area (Å²) in [6, 6.07) is 19.7. The Morgan fingerprint density at radius 3 is 2.37 bits per heavy atom. The number of hydrogen-bond acceptors (Lipinski definition) is 5. The zero-order valence-electron chi connectivity index (χ0n) is 16.6. The molecule has 1 amide bonds. The van der Waals surface area contributed by atoms with Gasteiger partial charge in [-0.2, -0.15) is 0 Å². The van der Waals surface area contributed by atoms with Gasteiger partial charge in [0.1, 0.15) is 5.52 Å². The summed E-state index contributed by atoms with van der Waals surface area (Å²) in [7, 11) is 0. The molecule has 30 heavy (non-hydrogen) atoms. The normalized spacial score (nSPS) is 14.3. The Morgan fingerprint density at radius 2 is 1.60 bits per heavy atom. The van der Waals surface area contributed by atoms with Crippen molar-refractivity contribution in [3.63, 3.8) is 0 Å². The van der Waals surface area contributed by atoms with Crippen molar-refractivity contribution >= 4 is 22.6 Å². The second kappa shape index (κ2) is 7.94. The fourth-order valence-electron chi connectivity index (χ4n) is 3.86. The summed E-state index contributed by atoms with van der Waals surface area (Å²) in [4.78, 5) is 21.2. The lowest BCUT2D eigenvalue weighted by Crippen LogP contribution is -2.48. The molecule has 0 spiro atoms. The van der Waals surface area contributed by atoms with E-state index in [1.165, 1.54) is 0 Å². The molecule has 0 radical (unpaired) electrons. The molecule has 3 heterocycles. The van der Waals surface area contributed by atoms with Gasteiger partial charge in [0.15, 0.2) is 0 Å². The molecule has 0 aliphatic carbocycles. The highest BCUT2D eigenvalue weighted by molar-refractivity contribution is 5.94. The van der Waals surface area contributed by atoms with Gasteiger partial charge in [0.2, 0.25) is 0 Å². The number of amides is 1. The zero-order valence-corrected chi connectivity index (χ0v) is 16.6. The number of hydrogen-bond donors (Lipinski definition) is 0. The van der Waals surface area contributed by atoms with Crippen molar-refractivity contribution in [1.29, 1.82) is 0 Å². The summed E-state index contributed by atoms with van der Waals surface area (Å²) in [5.74, 6) is 0.0853. The summed E-state index contributed by atoms with van der Waals surface area (Å²) in [6.45, 7) is 3.71. The third-order valence-corrected chi connectivity index (χ3v) is 5.55. The molecule has 1 aliphatic rings. The van der Waals surface area contributed by atoms with E-state index in [1.54, 1.807) is 12.4 Å². The van der Waals surface area contributed by atoms with E-state index in [-0.39, 0.29) is 5.91 Å². The minimum Gasteiger partial charge on any atom is -0.368 e. The number of rotatable bonds is 4. The van der Waals surface area contributed by atoms with Crippen LogP contribution in [0.3, 0.4) is 0 Å². The van der Waals surface area contributed by atoms with Crippen molar-refractivity contribution in [2.45, 2.75) is 6.54 Å². The number of pyridine rings is 1. The Balaban J connectivity index is 1.23. The Kier molecular flexibility index (Phi) is 4.85. The molecule has 1 aliphatic heterocycles. The van der Waals surface area contributed by atoms with E-state index in [1.807, 2.05) is 70.2 Å². The van der Waals surface area contributed by atoms with Crippen LogP contribution in [0, 0.1) is 0 Å². The Labute approximate surface area is 174 Å². The molecule has 0 saturated carbocycles. The highest BCUT2D eigenvalue weighted by Crippen LogP contribution is 2.17. The molecule has 0 unspecified atom stereocenters. The number of fused-ring (bicyclic) bond motifs is 1. The van der Waals surface area contributed by atoms with Crippen molar-refractivity contribution in [3.05, 3.63) is 84.2 Å². The summed E-state index contributed by atoms with van der Waals surface area (Å²) in [6.07, 6.45) is 3.60. The van der Waals surface area contributed by atoms with E-state index < -0.39 is 0 Å². The lowest BCUT2D eigenvalue weighted by Gasteiger charge is -2.36. The minimum atomic E-state index is 0.0853. The van der Waals surface area contributed by atoms with E-state index >= 15 is 0 Å². The zero-order chi connectivity index (χ0) is 20.3. The van der Waals surface area contributed by atoms with Crippen LogP contribution in [0.1, 0.15) is 15.9 Å². The summed E-state index contributed by atoms with van der Waals surface area (Å²) >= 11 is 0. The molecule has 1 saturated heterocycles. The molecule has 2 aromatic heterocycles. The molecular formula is C23H22N6O. The highest BCUT2D eigenvalue weighted by Gasteiger charge is 2.22. The average molecular weight is 398 g/mol. The van der Waals surface area contributed by atoms with E-state index in [4.69, 9.17) is 0 Å². The van der Waals surface area contributed by atoms with Gasteiger partial charge >= 0.3 is 0 Å².